The maximum Gasteiger partial charge on any atom is 0.307 e. The molecule has 0 spiro atoms. The van der Waals surface area contributed by atoms with Gasteiger partial charge in [-0.1, -0.05) is 12.1 Å². The molecule has 0 radical (unpaired) electrons. The number of carbonyl (C=O) groups excluding carboxylic acids is 1. The molecule has 0 bridgehead atoms. The van der Waals surface area contributed by atoms with Crippen LogP contribution in [0.4, 0.5) is 0 Å². The molecule has 0 heterocycles. The van der Waals surface area contributed by atoms with E-state index in [1.54, 1.807) is 6.07 Å². The fourth-order valence-corrected chi connectivity index (χ4v) is 1.18. The summed E-state index contributed by atoms with van der Waals surface area (Å²) in [5, 5.41) is 18.0. The van der Waals surface area contributed by atoms with E-state index in [4.69, 9.17) is 5.11 Å². The third-order valence-corrected chi connectivity index (χ3v) is 1.84. The molecule has 4 nitrogen and oxygen atoms in total. The predicted octanol–water partition coefficient (Wildman–Crippen LogP) is 1.22. The second kappa shape index (κ2) is 3.91. The van der Waals surface area contributed by atoms with Gasteiger partial charge < -0.3 is 10.2 Å². The Bertz CT molecular complexity index is 382. The normalized spacial score (nSPS) is 9.79. The van der Waals surface area contributed by atoms with Crippen LogP contribution in [0.3, 0.4) is 0 Å². The third kappa shape index (κ3) is 2.10. The molecule has 1 aromatic carbocycles. The number of para-hydroxylation sites is 1. The molecule has 0 saturated heterocycles. The lowest BCUT2D eigenvalue weighted by Crippen LogP contribution is -2.02. The largest absolute Gasteiger partial charge is 0.507 e. The lowest BCUT2D eigenvalue weighted by Gasteiger charge is -2.04. The summed E-state index contributed by atoms with van der Waals surface area (Å²) in [6, 6.07) is 4.49. The number of carboxylic acid groups (broad SMARTS) is 1. The Balaban J connectivity index is 3.13. The van der Waals surface area contributed by atoms with E-state index in [0.29, 0.717) is 0 Å². The molecule has 1 rings (SSSR count). The lowest BCUT2D eigenvalue weighted by atomic mass is 10.0. The van der Waals surface area contributed by atoms with Crippen molar-refractivity contribution in [2.45, 2.75) is 13.3 Å². The van der Waals surface area contributed by atoms with Gasteiger partial charge in [0, 0.05) is 5.56 Å². The number of Topliss-reactive ketones (excluding diaryl/α,β-unsaturated/α-hetero) is 1. The van der Waals surface area contributed by atoms with Crippen LogP contribution in [0.2, 0.25) is 0 Å². The maximum absolute atomic E-state index is 11.0. The second-order valence-electron chi connectivity index (χ2n) is 2.94. The summed E-state index contributed by atoms with van der Waals surface area (Å²) in [6.45, 7) is 1.32. The number of ketones is 1. The van der Waals surface area contributed by atoms with Gasteiger partial charge >= 0.3 is 5.97 Å². The predicted molar refractivity (Wildman–Crippen MR) is 49.5 cm³/mol. The van der Waals surface area contributed by atoms with Crippen molar-refractivity contribution in [1.29, 1.82) is 0 Å². The highest BCUT2D eigenvalue weighted by atomic mass is 16.4. The van der Waals surface area contributed by atoms with E-state index in [1.807, 2.05) is 0 Å². The molecule has 14 heavy (non-hydrogen) atoms. The molecule has 2 N–H and O–H groups in total. The van der Waals surface area contributed by atoms with Gasteiger partial charge in [0.15, 0.2) is 5.78 Å². The molecule has 4 heteroatoms. The Morgan fingerprint density at radius 2 is 2.00 bits per heavy atom. The summed E-state index contributed by atoms with van der Waals surface area (Å²) in [4.78, 5) is 21.4. The van der Waals surface area contributed by atoms with Crippen molar-refractivity contribution >= 4 is 11.8 Å². The van der Waals surface area contributed by atoms with Crippen LogP contribution in [0.25, 0.3) is 0 Å². The minimum absolute atomic E-state index is 0.156. The van der Waals surface area contributed by atoms with Gasteiger partial charge in [-0.15, -0.1) is 0 Å². The fraction of sp³-hybridized carbons (Fsp3) is 0.200. The summed E-state index contributed by atoms with van der Waals surface area (Å²) in [5.74, 6) is -1.56. The summed E-state index contributed by atoms with van der Waals surface area (Å²) < 4.78 is 0. The molecule has 74 valence electrons. The quantitative estimate of drug-likeness (QED) is 0.709. The van der Waals surface area contributed by atoms with E-state index >= 15 is 0 Å². The molecular weight excluding hydrogens is 184 g/mol. The smallest absolute Gasteiger partial charge is 0.307 e. The van der Waals surface area contributed by atoms with Crippen LogP contribution in [-0.4, -0.2) is 22.0 Å². The third-order valence-electron chi connectivity index (χ3n) is 1.84. The average Bonchev–Trinajstić information content (AvgIpc) is 2.07. The summed E-state index contributed by atoms with van der Waals surface area (Å²) in [5.41, 5.74) is 0.411. The Kier molecular flexibility index (Phi) is 2.86. The Hall–Kier alpha value is -1.84. The van der Waals surface area contributed by atoms with Crippen molar-refractivity contribution < 1.29 is 19.8 Å². The molecule has 0 atom stereocenters. The zero-order valence-corrected chi connectivity index (χ0v) is 7.65. The van der Waals surface area contributed by atoms with Gasteiger partial charge in [0.1, 0.15) is 5.75 Å². The molecule has 0 aliphatic heterocycles. The number of hydrogen-bond donors (Lipinski definition) is 2. The molecular formula is C10H10O4. The number of carboxylic acids is 1. The molecule has 0 aliphatic carbocycles. The average molecular weight is 194 g/mol. The van der Waals surface area contributed by atoms with Crippen molar-refractivity contribution in [3.8, 4) is 5.75 Å². The molecule has 0 saturated carbocycles. The number of aromatic hydroxyl groups is 1. The second-order valence-corrected chi connectivity index (χ2v) is 2.94. The number of carbonyl (C=O) groups is 2. The van der Waals surface area contributed by atoms with Gasteiger partial charge in [0.25, 0.3) is 0 Å². The number of phenolic OH excluding ortho intramolecular Hbond substituents is 1. The molecule has 1 aromatic rings. The Morgan fingerprint density at radius 3 is 2.50 bits per heavy atom. The highest BCUT2D eigenvalue weighted by molar-refractivity contribution is 5.97. The Labute approximate surface area is 80.8 Å². The minimum atomic E-state index is -1.04. The number of benzene rings is 1. The van der Waals surface area contributed by atoms with Crippen molar-refractivity contribution in [3.05, 3.63) is 29.3 Å². The van der Waals surface area contributed by atoms with Crippen LogP contribution in [0, 0.1) is 0 Å². The SMILES string of the molecule is CC(=O)c1cccc(CC(=O)O)c1O. The number of aliphatic carboxylic acids is 1. The van der Waals surface area contributed by atoms with E-state index in [0.717, 1.165) is 0 Å². The molecule has 0 amide bonds. The highest BCUT2D eigenvalue weighted by Gasteiger charge is 2.12. The zero-order chi connectivity index (χ0) is 10.7. The van der Waals surface area contributed by atoms with Crippen molar-refractivity contribution in [2.75, 3.05) is 0 Å². The fourth-order valence-electron chi connectivity index (χ4n) is 1.18. The van der Waals surface area contributed by atoms with Gasteiger partial charge in [0.05, 0.1) is 12.0 Å². The number of rotatable bonds is 3. The van der Waals surface area contributed by atoms with Crippen LogP contribution in [0.1, 0.15) is 22.8 Å². The molecule has 0 aromatic heterocycles. The lowest BCUT2D eigenvalue weighted by molar-refractivity contribution is -0.136. The summed E-state index contributed by atoms with van der Waals surface area (Å²) >= 11 is 0. The van der Waals surface area contributed by atoms with Crippen molar-refractivity contribution in [3.63, 3.8) is 0 Å². The van der Waals surface area contributed by atoms with Crippen molar-refractivity contribution in [2.24, 2.45) is 0 Å². The van der Waals surface area contributed by atoms with Gasteiger partial charge in [-0.3, -0.25) is 9.59 Å². The van der Waals surface area contributed by atoms with E-state index in [1.165, 1.54) is 19.1 Å². The zero-order valence-electron chi connectivity index (χ0n) is 7.65. The molecule has 0 unspecified atom stereocenters. The van der Waals surface area contributed by atoms with E-state index in [2.05, 4.69) is 0 Å². The first kappa shape index (κ1) is 10.2. The first-order valence-corrected chi connectivity index (χ1v) is 4.06. The summed E-state index contributed by atoms with van der Waals surface area (Å²) in [6.07, 6.45) is -0.285. The topological polar surface area (TPSA) is 74.6 Å². The summed E-state index contributed by atoms with van der Waals surface area (Å²) in [7, 11) is 0. The molecule has 0 fully saturated rings. The highest BCUT2D eigenvalue weighted by Crippen LogP contribution is 2.23. The van der Waals surface area contributed by atoms with E-state index < -0.39 is 5.97 Å². The number of phenols is 1. The molecule has 0 aliphatic rings. The van der Waals surface area contributed by atoms with E-state index in [9.17, 15) is 14.7 Å². The van der Waals surface area contributed by atoms with Crippen LogP contribution in [0.5, 0.6) is 5.75 Å². The van der Waals surface area contributed by atoms with Gasteiger partial charge in [-0.2, -0.15) is 0 Å². The standard InChI is InChI=1S/C10H10O4/c1-6(11)8-4-2-3-7(10(8)14)5-9(12)13/h2-4,14H,5H2,1H3,(H,12,13). The maximum atomic E-state index is 11.0. The minimum Gasteiger partial charge on any atom is -0.507 e. The van der Waals surface area contributed by atoms with Crippen molar-refractivity contribution in [1.82, 2.24) is 0 Å². The van der Waals surface area contributed by atoms with Gasteiger partial charge in [-0.25, -0.2) is 0 Å². The van der Waals surface area contributed by atoms with Gasteiger partial charge in [-0.05, 0) is 13.0 Å². The monoisotopic (exact) mass is 194 g/mol. The van der Waals surface area contributed by atoms with Crippen LogP contribution in [0.15, 0.2) is 18.2 Å². The number of hydrogen-bond acceptors (Lipinski definition) is 3. The van der Waals surface area contributed by atoms with Crippen LogP contribution in [-0.2, 0) is 11.2 Å². The van der Waals surface area contributed by atoms with Crippen LogP contribution >= 0.6 is 0 Å². The first-order chi connectivity index (χ1) is 6.52. The van der Waals surface area contributed by atoms with E-state index in [-0.39, 0.29) is 29.1 Å². The van der Waals surface area contributed by atoms with Gasteiger partial charge in [0.2, 0.25) is 0 Å². The first-order valence-electron chi connectivity index (χ1n) is 4.06. The Morgan fingerprint density at radius 1 is 1.36 bits per heavy atom. The van der Waals surface area contributed by atoms with Crippen LogP contribution < -0.4 is 0 Å².